The Labute approximate surface area is 127 Å². The first-order valence-corrected chi connectivity index (χ1v) is 6.77. The molecule has 106 valence electrons. The molecule has 1 aromatic heterocycles. The van der Waals surface area contributed by atoms with Crippen LogP contribution in [0.3, 0.4) is 0 Å². The molecule has 0 radical (unpaired) electrons. The molecule has 0 aliphatic rings. The summed E-state index contributed by atoms with van der Waals surface area (Å²) in [6, 6.07) is 8.24. The summed E-state index contributed by atoms with van der Waals surface area (Å²) in [5, 5.41) is 0.975. The van der Waals surface area contributed by atoms with Crippen molar-refractivity contribution in [3.05, 3.63) is 40.4 Å². The molecule has 0 spiro atoms. The van der Waals surface area contributed by atoms with Crippen LogP contribution >= 0.6 is 23.2 Å². The number of halogens is 2. The topological polar surface area (TPSA) is 57.4 Å². The van der Waals surface area contributed by atoms with Gasteiger partial charge in [-0.05, 0) is 38.1 Å². The highest BCUT2D eigenvalue weighted by atomic mass is 35.5. The molecule has 1 aromatic carbocycles. The first-order valence-electron chi connectivity index (χ1n) is 6.01. The Morgan fingerprint density at radius 2 is 1.75 bits per heavy atom. The van der Waals surface area contributed by atoms with Crippen molar-refractivity contribution in [2.45, 2.75) is 20.0 Å². The maximum absolute atomic E-state index is 5.91. The van der Waals surface area contributed by atoms with E-state index >= 15 is 0 Å². The van der Waals surface area contributed by atoms with E-state index in [1.807, 2.05) is 13.8 Å². The maximum atomic E-state index is 5.91. The molecule has 0 fully saturated rings. The Morgan fingerprint density at radius 1 is 1.10 bits per heavy atom. The van der Waals surface area contributed by atoms with Gasteiger partial charge >= 0.3 is 0 Å². The number of nitrogens with two attached hydrogens (primary N) is 1. The van der Waals surface area contributed by atoms with Crippen LogP contribution in [0.15, 0.2) is 30.3 Å². The molecule has 4 nitrogen and oxygen atoms in total. The van der Waals surface area contributed by atoms with Crippen molar-refractivity contribution in [3.8, 4) is 17.5 Å². The SMILES string of the molecule is CC(C)Oc1nc(Oc2cc(Cl)cc(Cl)c2)ccc1N. The van der Waals surface area contributed by atoms with Gasteiger partial charge in [-0.15, -0.1) is 0 Å². The number of aromatic nitrogens is 1. The van der Waals surface area contributed by atoms with E-state index in [4.69, 9.17) is 38.4 Å². The zero-order valence-electron chi connectivity index (χ0n) is 11.1. The zero-order valence-corrected chi connectivity index (χ0v) is 12.6. The molecule has 0 atom stereocenters. The summed E-state index contributed by atoms with van der Waals surface area (Å²) < 4.78 is 11.1. The van der Waals surface area contributed by atoms with E-state index in [0.29, 0.717) is 33.2 Å². The summed E-state index contributed by atoms with van der Waals surface area (Å²) in [6.07, 6.45) is -0.0272. The molecule has 20 heavy (non-hydrogen) atoms. The number of pyridine rings is 1. The van der Waals surface area contributed by atoms with Gasteiger partial charge in [0.15, 0.2) is 0 Å². The van der Waals surface area contributed by atoms with Crippen LogP contribution in [0.4, 0.5) is 5.69 Å². The normalized spacial score (nSPS) is 10.7. The van der Waals surface area contributed by atoms with Crippen LogP contribution in [0, 0.1) is 0 Å². The first kappa shape index (κ1) is 14.8. The molecule has 2 N–H and O–H groups in total. The van der Waals surface area contributed by atoms with E-state index < -0.39 is 0 Å². The number of ether oxygens (including phenoxy) is 2. The minimum atomic E-state index is -0.0272. The minimum absolute atomic E-state index is 0.0272. The van der Waals surface area contributed by atoms with Crippen molar-refractivity contribution >= 4 is 28.9 Å². The number of nitrogen functional groups attached to an aromatic ring is 1. The van der Waals surface area contributed by atoms with Gasteiger partial charge in [-0.2, -0.15) is 4.98 Å². The predicted octanol–water partition coefficient (Wildman–Crippen LogP) is 4.55. The smallest absolute Gasteiger partial charge is 0.240 e. The van der Waals surface area contributed by atoms with Gasteiger partial charge in [0.05, 0.1) is 11.8 Å². The van der Waals surface area contributed by atoms with Gasteiger partial charge in [0.25, 0.3) is 0 Å². The van der Waals surface area contributed by atoms with Crippen molar-refractivity contribution in [3.63, 3.8) is 0 Å². The van der Waals surface area contributed by atoms with Crippen molar-refractivity contribution in [2.75, 3.05) is 5.73 Å². The van der Waals surface area contributed by atoms with Gasteiger partial charge in [0.2, 0.25) is 11.8 Å². The molecule has 0 unspecified atom stereocenters. The minimum Gasteiger partial charge on any atom is -0.473 e. The molecule has 0 bridgehead atoms. The van der Waals surface area contributed by atoms with Gasteiger partial charge in [0.1, 0.15) is 5.75 Å². The quantitative estimate of drug-likeness (QED) is 0.899. The van der Waals surface area contributed by atoms with Crippen LogP contribution in [0.25, 0.3) is 0 Å². The number of anilines is 1. The zero-order chi connectivity index (χ0) is 14.7. The lowest BCUT2D eigenvalue weighted by atomic mass is 10.3. The maximum Gasteiger partial charge on any atom is 0.240 e. The molecule has 0 saturated heterocycles. The number of benzene rings is 1. The van der Waals surface area contributed by atoms with Crippen molar-refractivity contribution in [1.82, 2.24) is 4.98 Å². The summed E-state index contributed by atoms with van der Waals surface area (Å²) in [6.45, 7) is 3.79. The average molecular weight is 313 g/mol. The number of hydrogen-bond donors (Lipinski definition) is 1. The second kappa shape index (κ2) is 6.20. The monoisotopic (exact) mass is 312 g/mol. The summed E-state index contributed by atoms with van der Waals surface area (Å²) in [4.78, 5) is 4.21. The van der Waals surface area contributed by atoms with E-state index in [1.165, 1.54) is 0 Å². The van der Waals surface area contributed by atoms with Gasteiger partial charge in [-0.25, -0.2) is 0 Å². The highest BCUT2D eigenvalue weighted by molar-refractivity contribution is 6.34. The third-order valence-corrected chi connectivity index (χ3v) is 2.71. The van der Waals surface area contributed by atoms with Crippen LogP contribution in [-0.2, 0) is 0 Å². The Bertz CT molecular complexity index is 598. The lowest BCUT2D eigenvalue weighted by molar-refractivity contribution is 0.232. The van der Waals surface area contributed by atoms with Gasteiger partial charge < -0.3 is 15.2 Å². The van der Waals surface area contributed by atoms with E-state index in [0.717, 1.165) is 0 Å². The van der Waals surface area contributed by atoms with E-state index in [-0.39, 0.29) is 6.10 Å². The highest BCUT2D eigenvalue weighted by Crippen LogP contribution is 2.30. The molecule has 0 amide bonds. The van der Waals surface area contributed by atoms with Crippen molar-refractivity contribution in [2.24, 2.45) is 0 Å². The summed E-state index contributed by atoms with van der Waals surface area (Å²) in [7, 11) is 0. The number of hydrogen-bond acceptors (Lipinski definition) is 4. The largest absolute Gasteiger partial charge is 0.473 e. The van der Waals surface area contributed by atoms with Crippen LogP contribution in [0.1, 0.15) is 13.8 Å². The summed E-state index contributed by atoms with van der Waals surface area (Å²) >= 11 is 11.8. The Hall–Kier alpha value is -1.65. The number of nitrogens with zero attached hydrogens (tertiary/aromatic N) is 1. The lowest BCUT2D eigenvalue weighted by Crippen LogP contribution is -2.09. The lowest BCUT2D eigenvalue weighted by Gasteiger charge is -2.12. The van der Waals surface area contributed by atoms with E-state index in [1.54, 1.807) is 30.3 Å². The molecular weight excluding hydrogens is 299 g/mol. The standard InChI is InChI=1S/C14H14Cl2N2O2/c1-8(2)19-14-12(17)3-4-13(18-14)20-11-6-9(15)5-10(16)7-11/h3-8H,17H2,1-2H3. The second-order valence-electron chi connectivity index (χ2n) is 4.42. The summed E-state index contributed by atoms with van der Waals surface area (Å²) in [5.74, 6) is 1.19. The number of rotatable bonds is 4. The first-order chi connectivity index (χ1) is 9.44. The molecule has 2 rings (SSSR count). The van der Waals surface area contributed by atoms with Crippen molar-refractivity contribution in [1.29, 1.82) is 0 Å². The molecule has 0 saturated carbocycles. The van der Waals surface area contributed by atoms with Crippen LogP contribution in [0.2, 0.25) is 10.0 Å². The van der Waals surface area contributed by atoms with Gasteiger partial charge in [-0.3, -0.25) is 0 Å². The Balaban J connectivity index is 2.25. The highest BCUT2D eigenvalue weighted by Gasteiger charge is 2.08. The molecule has 1 heterocycles. The molecular formula is C14H14Cl2N2O2. The molecule has 0 aliphatic heterocycles. The average Bonchev–Trinajstić information content (AvgIpc) is 2.31. The van der Waals surface area contributed by atoms with Crippen LogP contribution < -0.4 is 15.2 Å². The second-order valence-corrected chi connectivity index (χ2v) is 5.29. The van der Waals surface area contributed by atoms with Gasteiger partial charge in [-0.1, -0.05) is 23.2 Å². The fraction of sp³-hybridized carbons (Fsp3) is 0.214. The summed E-state index contributed by atoms with van der Waals surface area (Å²) in [5.41, 5.74) is 6.25. The van der Waals surface area contributed by atoms with E-state index in [9.17, 15) is 0 Å². The third-order valence-electron chi connectivity index (χ3n) is 2.27. The van der Waals surface area contributed by atoms with Crippen molar-refractivity contribution < 1.29 is 9.47 Å². The molecule has 2 aromatic rings. The van der Waals surface area contributed by atoms with Gasteiger partial charge in [0, 0.05) is 16.1 Å². The Kier molecular flexibility index (Phi) is 4.57. The van der Waals surface area contributed by atoms with Crippen LogP contribution in [0.5, 0.6) is 17.5 Å². The van der Waals surface area contributed by atoms with Crippen LogP contribution in [-0.4, -0.2) is 11.1 Å². The third kappa shape index (κ3) is 3.92. The van der Waals surface area contributed by atoms with E-state index in [2.05, 4.69) is 4.98 Å². The fourth-order valence-electron chi connectivity index (χ4n) is 1.52. The Morgan fingerprint density at radius 3 is 2.35 bits per heavy atom. The molecule has 6 heteroatoms. The fourth-order valence-corrected chi connectivity index (χ4v) is 2.02. The predicted molar refractivity (Wildman–Crippen MR) is 80.9 cm³/mol. The molecule has 0 aliphatic carbocycles.